The molecule has 0 aromatic carbocycles. The van der Waals surface area contributed by atoms with Crippen molar-refractivity contribution in [3.05, 3.63) is 16.3 Å². The highest BCUT2D eigenvalue weighted by Gasteiger charge is 2.27. The molecular weight excluding hydrogens is 232 g/mol. The van der Waals surface area contributed by atoms with Crippen molar-refractivity contribution in [1.29, 1.82) is 0 Å². The Kier molecular flexibility index (Phi) is 2.99. The molecule has 1 aliphatic heterocycles. The Morgan fingerprint density at radius 3 is 2.93 bits per heavy atom. The molecule has 2 heterocycles. The summed E-state index contributed by atoms with van der Waals surface area (Å²) in [7, 11) is -2.79. The Morgan fingerprint density at radius 1 is 1.60 bits per heavy atom. The zero-order chi connectivity index (χ0) is 10.9. The van der Waals surface area contributed by atoms with Gasteiger partial charge in [0.2, 0.25) is 0 Å². The van der Waals surface area contributed by atoms with E-state index in [0.29, 0.717) is 18.7 Å². The predicted molar refractivity (Wildman–Crippen MR) is 62.6 cm³/mol. The van der Waals surface area contributed by atoms with E-state index in [2.05, 4.69) is 5.32 Å². The molecule has 0 spiro atoms. The molecule has 4 nitrogen and oxygen atoms in total. The summed E-state index contributed by atoms with van der Waals surface area (Å²) in [6.07, 6.45) is 0.716. The number of thiophene rings is 1. The van der Waals surface area contributed by atoms with Gasteiger partial charge >= 0.3 is 0 Å². The third kappa shape index (κ3) is 2.70. The number of nitrogen functional groups attached to an aromatic ring is 1. The Morgan fingerprint density at radius 2 is 2.40 bits per heavy atom. The molecule has 15 heavy (non-hydrogen) atoms. The molecule has 0 aliphatic carbocycles. The Labute approximate surface area is 93.4 Å². The fourth-order valence-electron chi connectivity index (χ4n) is 1.69. The highest BCUT2D eigenvalue weighted by molar-refractivity contribution is 7.91. The van der Waals surface area contributed by atoms with Crippen LogP contribution >= 0.6 is 11.3 Å². The van der Waals surface area contributed by atoms with E-state index in [1.807, 2.05) is 11.4 Å². The summed E-state index contributed by atoms with van der Waals surface area (Å²) >= 11 is 1.60. The SMILES string of the molecule is Nc1ccsc1CNC1CCS(=O)(=O)C1. The highest BCUT2D eigenvalue weighted by Crippen LogP contribution is 2.19. The highest BCUT2D eigenvalue weighted by atomic mass is 32.2. The van der Waals surface area contributed by atoms with Crippen LogP contribution < -0.4 is 11.1 Å². The van der Waals surface area contributed by atoms with Gasteiger partial charge in [0.1, 0.15) is 0 Å². The second-order valence-corrected chi connectivity index (χ2v) is 7.01. The molecule has 1 fully saturated rings. The zero-order valence-electron chi connectivity index (χ0n) is 8.27. The third-order valence-corrected chi connectivity index (χ3v) is 5.27. The Hall–Kier alpha value is -0.590. The van der Waals surface area contributed by atoms with Gasteiger partial charge in [0.25, 0.3) is 0 Å². The molecule has 1 unspecified atom stereocenters. The van der Waals surface area contributed by atoms with Crippen molar-refractivity contribution in [2.24, 2.45) is 0 Å². The number of rotatable bonds is 3. The lowest BCUT2D eigenvalue weighted by molar-refractivity contribution is 0.558. The van der Waals surface area contributed by atoms with E-state index in [4.69, 9.17) is 5.73 Å². The van der Waals surface area contributed by atoms with Crippen LogP contribution in [0.15, 0.2) is 11.4 Å². The van der Waals surface area contributed by atoms with E-state index < -0.39 is 9.84 Å². The first-order chi connectivity index (χ1) is 7.07. The van der Waals surface area contributed by atoms with E-state index >= 15 is 0 Å². The zero-order valence-corrected chi connectivity index (χ0v) is 9.90. The molecule has 0 radical (unpaired) electrons. The monoisotopic (exact) mass is 246 g/mol. The average molecular weight is 246 g/mol. The van der Waals surface area contributed by atoms with Crippen molar-refractivity contribution in [3.63, 3.8) is 0 Å². The minimum Gasteiger partial charge on any atom is -0.398 e. The van der Waals surface area contributed by atoms with Gasteiger partial charge in [0.05, 0.1) is 11.5 Å². The molecular formula is C9H14N2O2S2. The first kappa shape index (κ1) is 10.9. The van der Waals surface area contributed by atoms with Gasteiger partial charge in [-0.25, -0.2) is 8.42 Å². The number of anilines is 1. The fraction of sp³-hybridized carbons (Fsp3) is 0.556. The summed E-state index contributed by atoms with van der Waals surface area (Å²) in [6.45, 7) is 0.670. The van der Waals surface area contributed by atoms with Crippen LogP contribution in [0, 0.1) is 0 Å². The van der Waals surface area contributed by atoms with E-state index in [9.17, 15) is 8.42 Å². The van der Waals surface area contributed by atoms with E-state index in [1.54, 1.807) is 11.3 Å². The summed E-state index contributed by atoms with van der Waals surface area (Å²) in [5.74, 6) is 0.572. The van der Waals surface area contributed by atoms with Crippen LogP contribution in [0.3, 0.4) is 0 Å². The van der Waals surface area contributed by atoms with Crippen molar-refractivity contribution < 1.29 is 8.42 Å². The van der Waals surface area contributed by atoms with Gasteiger partial charge in [-0.2, -0.15) is 0 Å². The molecule has 0 saturated carbocycles. The number of nitrogens with one attached hydrogen (secondary N) is 1. The predicted octanol–water partition coefficient (Wildman–Crippen LogP) is 0.607. The van der Waals surface area contributed by atoms with Crippen molar-refractivity contribution in [3.8, 4) is 0 Å². The van der Waals surface area contributed by atoms with E-state index in [1.165, 1.54) is 0 Å². The largest absolute Gasteiger partial charge is 0.398 e. The number of hydrogen-bond acceptors (Lipinski definition) is 5. The summed E-state index contributed by atoms with van der Waals surface area (Å²) in [5.41, 5.74) is 6.52. The van der Waals surface area contributed by atoms with Crippen molar-refractivity contribution in [2.75, 3.05) is 17.2 Å². The van der Waals surface area contributed by atoms with Gasteiger partial charge in [-0.05, 0) is 17.9 Å². The lowest BCUT2D eigenvalue weighted by Crippen LogP contribution is -2.29. The molecule has 6 heteroatoms. The molecule has 0 bridgehead atoms. The molecule has 3 N–H and O–H groups in total. The maximum atomic E-state index is 11.2. The first-order valence-corrected chi connectivity index (χ1v) is 7.52. The van der Waals surface area contributed by atoms with Crippen LogP contribution in [0.4, 0.5) is 5.69 Å². The molecule has 0 amide bonds. The maximum Gasteiger partial charge on any atom is 0.151 e. The molecule has 1 saturated heterocycles. The maximum absolute atomic E-state index is 11.2. The quantitative estimate of drug-likeness (QED) is 0.819. The van der Waals surface area contributed by atoms with Crippen molar-refractivity contribution in [2.45, 2.75) is 19.0 Å². The molecule has 1 aliphatic rings. The van der Waals surface area contributed by atoms with Crippen LogP contribution in [-0.4, -0.2) is 26.0 Å². The minimum atomic E-state index is -2.79. The molecule has 84 valence electrons. The average Bonchev–Trinajstić information content (AvgIpc) is 2.69. The Bertz CT molecular complexity index is 439. The van der Waals surface area contributed by atoms with Crippen molar-refractivity contribution >= 4 is 26.9 Å². The lowest BCUT2D eigenvalue weighted by atomic mass is 10.2. The molecule has 1 atom stereocenters. The first-order valence-electron chi connectivity index (χ1n) is 4.82. The van der Waals surface area contributed by atoms with Crippen molar-refractivity contribution in [1.82, 2.24) is 5.32 Å². The summed E-state index contributed by atoms with van der Waals surface area (Å²) in [6, 6.07) is 1.96. The summed E-state index contributed by atoms with van der Waals surface area (Å²) in [5, 5.41) is 5.17. The second-order valence-electron chi connectivity index (χ2n) is 3.78. The van der Waals surface area contributed by atoms with E-state index in [0.717, 1.165) is 10.6 Å². The van der Waals surface area contributed by atoms with Crippen LogP contribution in [0.2, 0.25) is 0 Å². The minimum absolute atomic E-state index is 0.0940. The second kappa shape index (κ2) is 4.11. The van der Waals surface area contributed by atoms with Crippen LogP contribution in [-0.2, 0) is 16.4 Å². The summed E-state index contributed by atoms with van der Waals surface area (Å²) in [4.78, 5) is 1.08. The fourth-order valence-corrected chi connectivity index (χ4v) is 4.14. The van der Waals surface area contributed by atoms with Gasteiger partial charge in [0.15, 0.2) is 9.84 Å². The van der Waals surface area contributed by atoms with E-state index in [-0.39, 0.29) is 11.8 Å². The number of nitrogens with two attached hydrogens (primary N) is 1. The normalized spacial score (nSPS) is 24.4. The van der Waals surface area contributed by atoms with Gasteiger partial charge < -0.3 is 11.1 Å². The Balaban J connectivity index is 1.88. The molecule has 1 aromatic rings. The third-order valence-electron chi connectivity index (χ3n) is 2.56. The van der Waals surface area contributed by atoms with Gasteiger partial charge in [-0.15, -0.1) is 11.3 Å². The van der Waals surface area contributed by atoms with Crippen LogP contribution in [0.1, 0.15) is 11.3 Å². The lowest BCUT2D eigenvalue weighted by Gasteiger charge is -2.09. The van der Waals surface area contributed by atoms with Gasteiger partial charge in [-0.3, -0.25) is 0 Å². The van der Waals surface area contributed by atoms with Crippen LogP contribution in [0.5, 0.6) is 0 Å². The number of sulfone groups is 1. The molecule has 2 rings (SSSR count). The van der Waals surface area contributed by atoms with Gasteiger partial charge in [-0.1, -0.05) is 0 Å². The topological polar surface area (TPSA) is 72.2 Å². The standard InChI is InChI=1S/C9H14N2O2S2/c10-8-1-3-14-9(8)5-11-7-2-4-15(12,13)6-7/h1,3,7,11H,2,4-6,10H2. The smallest absolute Gasteiger partial charge is 0.151 e. The van der Waals surface area contributed by atoms with Gasteiger partial charge in [0, 0.05) is 23.2 Å². The number of hydrogen-bond donors (Lipinski definition) is 2. The molecule has 1 aromatic heterocycles. The summed E-state index contributed by atoms with van der Waals surface area (Å²) < 4.78 is 22.4. The van der Waals surface area contributed by atoms with Crippen LogP contribution in [0.25, 0.3) is 0 Å².